The summed E-state index contributed by atoms with van der Waals surface area (Å²) in [4.78, 5) is 28.7. The van der Waals surface area contributed by atoms with E-state index in [2.05, 4.69) is 5.32 Å². The molecule has 0 radical (unpaired) electrons. The lowest BCUT2D eigenvalue weighted by atomic mass is 10.1. The first-order valence-corrected chi connectivity index (χ1v) is 15.4. The van der Waals surface area contributed by atoms with Gasteiger partial charge in [0.25, 0.3) is 10.0 Å². The Bertz CT molecular complexity index is 1440. The van der Waals surface area contributed by atoms with Gasteiger partial charge >= 0.3 is 0 Å². The number of amides is 2. The second-order valence-corrected chi connectivity index (χ2v) is 12.3. The molecule has 42 heavy (non-hydrogen) atoms. The molecular formula is C32H41N3O6S. The number of carbonyl (C=O) groups is 2. The Morgan fingerprint density at radius 1 is 0.929 bits per heavy atom. The van der Waals surface area contributed by atoms with Gasteiger partial charge in [-0.15, -0.1) is 0 Å². The number of para-hydroxylation sites is 2. The molecule has 1 atom stereocenters. The average molecular weight is 596 g/mol. The molecule has 226 valence electrons. The molecule has 0 heterocycles. The van der Waals surface area contributed by atoms with Gasteiger partial charge in [-0.25, -0.2) is 8.42 Å². The van der Waals surface area contributed by atoms with Gasteiger partial charge in [0.2, 0.25) is 11.8 Å². The number of benzene rings is 3. The van der Waals surface area contributed by atoms with Gasteiger partial charge in [-0.2, -0.15) is 0 Å². The van der Waals surface area contributed by atoms with E-state index in [1.807, 2.05) is 32.9 Å². The van der Waals surface area contributed by atoms with Crippen LogP contribution in [-0.4, -0.2) is 58.0 Å². The zero-order valence-corrected chi connectivity index (χ0v) is 26.0. The van der Waals surface area contributed by atoms with E-state index in [-0.39, 0.29) is 29.0 Å². The topological polar surface area (TPSA) is 105 Å². The van der Waals surface area contributed by atoms with Gasteiger partial charge in [0.15, 0.2) is 0 Å². The number of methoxy groups -OCH3 is 1. The first-order valence-electron chi connectivity index (χ1n) is 14.0. The number of carbonyl (C=O) groups excluding carboxylic acids is 2. The standard InChI is InChI=1S/C32H41N3O6S/c1-7-41-30-11-9-8-10-29(30)35(42(38,39)28-18-12-24(4)13-19-28)22-31(36)34(25(5)32(37)33-20-23(2)3)21-26-14-16-27(40-6)17-15-26/h8-19,23,25H,7,20-22H2,1-6H3,(H,33,37). The van der Waals surface area contributed by atoms with E-state index in [4.69, 9.17) is 9.47 Å². The van der Waals surface area contributed by atoms with Gasteiger partial charge in [0.1, 0.15) is 24.1 Å². The van der Waals surface area contributed by atoms with Gasteiger partial charge in [-0.3, -0.25) is 13.9 Å². The number of nitrogens with zero attached hydrogens (tertiary/aromatic N) is 2. The molecule has 0 aromatic heterocycles. The van der Waals surface area contributed by atoms with Crippen molar-refractivity contribution in [1.29, 1.82) is 0 Å². The molecule has 10 heteroatoms. The molecule has 1 N–H and O–H groups in total. The highest BCUT2D eigenvalue weighted by molar-refractivity contribution is 7.92. The molecular weight excluding hydrogens is 554 g/mol. The van der Waals surface area contributed by atoms with E-state index < -0.39 is 28.5 Å². The molecule has 1 unspecified atom stereocenters. The minimum atomic E-state index is -4.20. The van der Waals surface area contributed by atoms with Crippen LogP contribution < -0.4 is 19.1 Å². The van der Waals surface area contributed by atoms with E-state index in [1.165, 1.54) is 17.0 Å². The molecule has 0 fully saturated rings. The van der Waals surface area contributed by atoms with Crippen molar-refractivity contribution in [2.45, 2.75) is 52.1 Å². The summed E-state index contributed by atoms with van der Waals surface area (Å²) in [7, 11) is -2.64. The average Bonchev–Trinajstić information content (AvgIpc) is 2.98. The molecule has 0 aliphatic heterocycles. The maximum absolute atomic E-state index is 14.1. The van der Waals surface area contributed by atoms with Crippen molar-refractivity contribution in [1.82, 2.24) is 10.2 Å². The summed E-state index contributed by atoms with van der Waals surface area (Å²) in [6.45, 7) is 9.57. The van der Waals surface area contributed by atoms with Crippen molar-refractivity contribution in [3.63, 3.8) is 0 Å². The second-order valence-electron chi connectivity index (χ2n) is 10.4. The predicted octanol–water partition coefficient (Wildman–Crippen LogP) is 4.79. The molecule has 2 amide bonds. The summed E-state index contributed by atoms with van der Waals surface area (Å²) in [5.74, 6) is 0.334. The highest BCUT2D eigenvalue weighted by Crippen LogP contribution is 2.33. The van der Waals surface area contributed by atoms with Crippen molar-refractivity contribution >= 4 is 27.5 Å². The Morgan fingerprint density at radius 3 is 2.17 bits per heavy atom. The summed E-state index contributed by atoms with van der Waals surface area (Å²) >= 11 is 0. The van der Waals surface area contributed by atoms with E-state index in [0.717, 1.165) is 15.4 Å². The van der Waals surface area contributed by atoms with Crippen LogP contribution in [-0.2, 0) is 26.2 Å². The van der Waals surface area contributed by atoms with Gasteiger partial charge in [0, 0.05) is 13.1 Å². The zero-order valence-electron chi connectivity index (χ0n) is 25.2. The fourth-order valence-corrected chi connectivity index (χ4v) is 5.68. The molecule has 0 saturated heterocycles. The fourth-order valence-electron chi connectivity index (χ4n) is 4.25. The summed E-state index contributed by atoms with van der Waals surface area (Å²) in [6, 6.07) is 19.4. The second kappa shape index (κ2) is 14.7. The van der Waals surface area contributed by atoms with Crippen molar-refractivity contribution in [3.05, 3.63) is 83.9 Å². The first-order chi connectivity index (χ1) is 20.0. The number of hydrogen-bond acceptors (Lipinski definition) is 6. The molecule has 3 rings (SSSR count). The molecule has 9 nitrogen and oxygen atoms in total. The number of nitrogens with one attached hydrogen (secondary N) is 1. The van der Waals surface area contributed by atoms with Crippen LogP contribution in [0.15, 0.2) is 77.7 Å². The third-order valence-electron chi connectivity index (χ3n) is 6.69. The minimum absolute atomic E-state index is 0.0385. The summed E-state index contributed by atoms with van der Waals surface area (Å²) in [6.07, 6.45) is 0. The van der Waals surface area contributed by atoms with Crippen molar-refractivity contribution < 1.29 is 27.5 Å². The Balaban J connectivity index is 2.06. The highest BCUT2D eigenvalue weighted by atomic mass is 32.2. The lowest BCUT2D eigenvalue weighted by molar-refractivity contribution is -0.139. The monoisotopic (exact) mass is 595 g/mol. The smallest absolute Gasteiger partial charge is 0.264 e. The Labute approximate surface area is 249 Å². The Kier molecular flexibility index (Phi) is 11.4. The Hall–Kier alpha value is -4.05. The Morgan fingerprint density at radius 2 is 1.57 bits per heavy atom. The fraction of sp³-hybridized carbons (Fsp3) is 0.375. The van der Waals surface area contributed by atoms with Crippen LogP contribution in [0, 0.1) is 12.8 Å². The van der Waals surface area contributed by atoms with Crippen LogP contribution in [0.5, 0.6) is 11.5 Å². The maximum atomic E-state index is 14.1. The lowest BCUT2D eigenvalue weighted by Crippen LogP contribution is -2.51. The normalized spacial score (nSPS) is 12.0. The molecule has 0 aliphatic carbocycles. The number of aryl methyl sites for hydroxylation is 1. The van der Waals surface area contributed by atoms with Gasteiger partial charge < -0.3 is 19.7 Å². The minimum Gasteiger partial charge on any atom is -0.497 e. The third kappa shape index (κ3) is 8.25. The number of ether oxygens (including phenoxy) is 2. The molecule has 0 aliphatic rings. The predicted molar refractivity (Wildman–Crippen MR) is 164 cm³/mol. The summed E-state index contributed by atoms with van der Waals surface area (Å²) < 4.78 is 40.2. The van der Waals surface area contributed by atoms with Crippen LogP contribution >= 0.6 is 0 Å². The highest BCUT2D eigenvalue weighted by Gasteiger charge is 2.33. The number of rotatable bonds is 14. The maximum Gasteiger partial charge on any atom is 0.264 e. The van der Waals surface area contributed by atoms with Gasteiger partial charge in [0.05, 0.1) is 24.3 Å². The van der Waals surface area contributed by atoms with E-state index in [0.29, 0.717) is 24.7 Å². The lowest BCUT2D eigenvalue weighted by Gasteiger charge is -2.32. The van der Waals surface area contributed by atoms with Crippen LogP contribution in [0.4, 0.5) is 5.69 Å². The largest absolute Gasteiger partial charge is 0.497 e. The van der Waals surface area contributed by atoms with Crippen LogP contribution in [0.25, 0.3) is 0 Å². The van der Waals surface area contributed by atoms with Gasteiger partial charge in [-0.1, -0.05) is 55.8 Å². The molecule has 3 aromatic carbocycles. The van der Waals surface area contributed by atoms with Gasteiger partial charge in [-0.05, 0) is 68.7 Å². The molecule has 0 bridgehead atoms. The van der Waals surface area contributed by atoms with Crippen molar-refractivity contribution in [3.8, 4) is 11.5 Å². The number of hydrogen-bond donors (Lipinski definition) is 1. The zero-order chi connectivity index (χ0) is 30.9. The molecule has 0 spiro atoms. The van der Waals surface area contributed by atoms with E-state index in [9.17, 15) is 18.0 Å². The third-order valence-corrected chi connectivity index (χ3v) is 8.46. The summed E-state index contributed by atoms with van der Waals surface area (Å²) in [5, 5.41) is 2.89. The first kappa shape index (κ1) is 32.5. The van der Waals surface area contributed by atoms with E-state index in [1.54, 1.807) is 69.5 Å². The van der Waals surface area contributed by atoms with Crippen LogP contribution in [0.3, 0.4) is 0 Å². The summed E-state index contributed by atoms with van der Waals surface area (Å²) in [5.41, 5.74) is 1.89. The SMILES string of the molecule is CCOc1ccccc1N(CC(=O)N(Cc1ccc(OC)cc1)C(C)C(=O)NCC(C)C)S(=O)(=O)c1ccc(C)cc1. The number of anilines is 1. The van der Waals surface area contributed by atoms with Crippen LogP contribution in [0.1, 0.15) is 38.8 Å². The van der Waals surface area contributed by atoms with Crippen molar-refractivity contribution in [2.24, 2.45) is 5.92 Å². The quantitative estimate of drug-likeness (QED) is 0.288. The van der Waals surface area contributed by atoms with Crippen LogP contribution in [0.2, 0.25) is 0 Å². The molecule has 3 aromatic rings. The van der Waals surface area contributed by atoms with Crippen molar-refractivity contribution in [2.75, 3.05) is 31.1 Å². The van der Waals surface area contributed by atoms with E-state index >= 15 is 0 Å². The molecule has 0 saturated carbocycles. The number of sulfonamides is 1.